The second kappa shape index (κ2) is 9.53. The quantitative estimate of drug-likeness (QED) is 0.776. The van der Waals surface area contributed by atoms with Gasteiger partial charge < -0.3 is 10.2 Å². The first-order valence-electron chi connectivity index (χ1n) is 8.24. The van der Waals surface area contributed by atoms with Crippen molar-refractivity contribution in [1.82, 2.24) is 15.1 Å². The van der Waals surface area contributed by atoms with Gasteiger partial charge in [0.2, 0.25) is 5.91 Å². The zero-order valence-electron chi connectivity index (χ0n) is 14.7. The average Bonchev–Trinajstić information content (AvgIpc) is 2.52. The molecule has 2 rings (SSSR count). The van der Waals surface area contributed by atoms with E-state index in [0.717, 1.165) is 4.90 Å². The Morgan fingerprint density at radius 3 is 2.65 bits per heavy atom. The molecule has 0 saturated carbocycles. The molecular formula is C17H24ClF4N3O. The van der Waals surface area contributed by atoms with Gasteiger partial charge in [0.1, 0.15) is 12.4 Å². The molecule has 9 heteroatoms. The molecule has 1 heterocycles. The molecule has 1 aromatic carbocycles. The maximum Gasteiger partial charge on any atom is 0.406 e. The summed E-state index contributed by atoms with van der Waals surface area (Å²) in [4.78, 5) is 15.1. The molecule has 0 aromatic heterocycles. The Hall–Kier alpha value is -1.38. The summed E-state index contributed by atoms with van der Waals surface area (Å²) in [6, 6.07) is 5.26. The molecule has 1 aromatic rings. The van der Waals surface area contributed by atoms with Gasteiger partial charge in [-0.05, 0) is 31.5 Å². The number of hydrogen-bond acceptors (Lipinski definition) is 3. The van der Waals surface area contributed by atoms with Crippen LogP contribution in [0.25, 0.3) is 0 Å². The predicted molar refractivity (Wildman–Crippen MR) is 93.7 cm³/mol. The molecule has 0 spiro atoms. The fraction of sp³-hybridized carbons (Fsp3) is 0.588. The molecule has 1 aliphatic rings. The molecule has 1 aliphatic heterocycles. The lowest BCUT2D eigenvalue weighted by Gasteiger charge is -2.38. The van der Waals surface area contributed by atoms with Gasteiger partial charge >= 0.3 is 6.18 Å². The van der Waals surface area contributed by atoms with E-state index in [1.807, 2.05) is 0 Å². The fourth-order valence-corrected chi connectivity index (χ4v) is 2.99. The van der Waals surface area contributed by atoms with Crippen molar-refractivity contribution in [2.24, 2.45) is 0 Å². The Kier molecular flexibility index (Phi) is 8.30. The van der Waals surface area contributed by atoms with Crippen molar-refractivity contribution in [3.63, 3.8) is 0 Å². The number of piperazine rings is 1. The summed E-state index contributed by atoms with van der Waals surface area (Å²) in [5.41, 5.74) is 0.701. The monoisotopic (exact) mass is 397 g/mol. The van der Waals surface area contributed by atoms with E-state index >= 15 is 0 Å². The van der Waals surface area contributed by atoms with Crippen LogP contribution in [0, 0.1) is 5.82 Å². The summed E-state index contributed by atoms with van der Waals surface area (Å²) in [7, 11) is 0. The van der Waals surface area contributed by atoms with Crippen molar-refractivity contribution in [2.45, 2.75) is 32.1 Å². The van der Waals surface area contributed by atoms with E-state index in [1.165, 1.54) is 12.1 Å². The smallest absolute Gasteiger partial charge is 0.330 e. The van der Waals surface area contributed by atoms with Crippen molar-refractivity contribution in [3.8, 4) is 0 Å². The molecule has 1 amide bonds. The molecule has 26 heavy (non-hydrogen) atoms. The normalized spacial score (nSPS) is 18.5. The maximum atomic E-state index is 13.5. The van der Waals surface area contributed by atoms with Crippen LogP contribution in [-0.2, 0) is 4.79 Å². The number of halogens is 5. The molecule has 1 unspecified atom stereocenters. The van der Waals surface area contributed by atoms with Crippen LogP contribution >= 0.6 is 12.4 Å². The zero-order valence-corrected chi connectivity index (χ0v) is 15.5. The number of carbonyl (C=O) groups excluding carboxylic acids is 1. The number of rotatable bonds is 5. The lowest BCUT2D eigenvalue weighted by atomic mass is 10.0. The maximum absolute atomic E-state index is 13.5. The number of alkyl halides is 3. The molecule has 1 fully saturated rings. The lowest BCUT2D eigenvalue weighted by molar-refractivity contribution is -0.165. The largest absolute Gasteiger partial charge is 0.406 e. The van der Waals surface area contributed by atoms with Crippen LogP contribution in [-0.4, -0.2) is 60.6 Å². The average molecular weight is 398 g/mol. The van der Waals surface area contributed by atoms with E-state index < -0.39 is 24.7 Å². The third-order valence-electron chi connectivity index (χ3n) is 4.22. The van der Waals surface area contributed by atoms with Crippen molar-refractivity contribution in [2.75, 3.05) is 32.7 Å². The van der Waals surface area contributed by atoms with Crippen LogP contribution in [0.15, 0.2) is 24.3 Å². The van der Waals surface area contributed by atoms with Crippen molar-refractivity contribution in [1.29, 1.82) is 0 Å². The van der Waals surface area contributed by atoms with Crippen molar-refractivity contribution in [3.05, 3.63) is 35.6 Å². The van der Waals surface area contributed by atoms with E-state index in [0.29, 0.717) is 25.2 Å². The number of nitrogens with zero attached hydrogens (tertiary/aromatic N) is 2. The molecule has 4 nitrogen and oxygen atoms in total. The van der Waals surface area contributed by atoms with Crippen LogP contribution in [0.5, 0.6) is 0 Å². The molecule has 0 aliphatic carbocycles. The van der Waals surface area contributed by atoms with E-state index in [1.54, 1.807) is 30.9 Å². The van der Waals surface area contributed by atoms with Crippen LogP contribution in [0.2, 0.25) is 0 Å². The van der Waals surface area contributed by atoms with Crippen LogP contribution in [0.1, 0.15) is 25.5 Å². The molecule has 1 N–H and O–H groups in total. The van der Waals surface area contributed by atoms with E-state index in [4.69, 9.17) is 0 Å². The van der Waals surface area contributed by atoms with Crippen LogP contribution in [0.4, 0.5) is 17.6 Å². The van der Waals surface area contributed by atoms with Crippen LogP contribution in [0.3, 0.4) is 0 Å². The molecule has 148 valence electrons. The Labute approximate surface area is 156 Å². The summed E-state index contributed by atoms with van der Waals surface area (Å²) in [6.07, 6.45) is -4.44. The number of benzene rings is 1. The number of nitrogens with one attached hydrogen (secondary N) is 1. The highest BCUT2D eigenvalue weighted by Gasteiger charge is 2.35. The third kappa shape index (κ3) is 6.41. The van der Waals surface area contributed by atoms with Gasteiger partial charge in [-0.15, -0.1) is 12.4 Å². The summed E-state index contributed by atoms with van der Waals surface area (Å²) in [5, 5.41) is 3.18. The van der Waals surface area contributed by atoms with Gasteiger partial charge in [0.05, 0.1) is 6.54 Å². The Balaban J connectivity index is 0.00000338. The lowest BCUT2D eigenvalue weighted by Crippen LogP contribution is -2.52. The highest BCUT2D eigenvalue weighted by atomic mass is 35.5. The van der Waals surface area contributed by atoms with Gasteiger partial charge in [-0.2, -0.15) is 13.2 Å². The van der Waals surface area contributed by atoms with Gasteiger partial charge in [-0.25, -0.2) is 4.39 Å². The van der Waals surface area contributed by atoms with Gasteiger partial charge in [0.25, 0.3) is 0 Å². The zero-order chi connectivity index (χ0) is 18.6. The topological polar surface area (TPSA) is 35.6 Å². The van der Waals surface area contributed by atoms with Crippen molar-refractivity contribution < 1.29 is 22.4 Å². The standard InChI is InChI=1S/C17H23F4N3O.ClH/c1-12(2)24(11-17(19,20)21)16(25)10-23-7-6-22-9-15(23)13-4-3-5-14(18)8-13;/h3-5,8,12,15,22H,6-7,9-11H2,1-2H3;1H. The second-order valence-corrected chi connectivity index (χ2v) is 6.48. The number of hydrogen-bond donors (Lipinski definition) is 1. The van der Waals surface area contributed by atoms with Crippen LogP contribution < -0.4 is 5.32 Å². The van der Waals surface area contributed by atoms with Gasteiger partial charge in [0.15, 0.2) is 0 Å². The SMILES string of the molecule is CC(C)N(CC(F)(F)F)C(=O)CN1CCNCC1c1cccc(F)c1.Cl. The predicted octanol–water partition coefficient (Wildman–Crippen LogP) is 2.99. The first-order valence-corrected chi connectivity index (χ1v) is 8.24. The highest BCUT2D eigenvalue weighted by molar-refractivity contribution is 5.85. The van der Waals surface area contributed by atoms with E-state index in [-0.39, 0.29) is 30.8 Å². The van der Waals surface area contributed by atoms with E-state index in [9.17, 15) is 22.4 Å². The van der Waals surface area contributed by atoms with Gasteiger partial charge in [0, 0.05) is 31.7 Å². The molecule has 0 bridgehead atoms. The first-order chi connectivity index (χ1) is 11.7. The van der Waals surface area contributed by atoms with Gasteiger partial charge in [-0.3, -0.25) is 9.69 Å². The Bertz CT molecular complexity index is 598. The number of amides is 1. The summed E-state index contributed by atoms with van der Waals surface area (Å²) in [6.45, 7) is 3.37. The molecular weight excluding hydrogens is 374 g/mol. The third-order valence-corrected chi connectivity index (χ3v) is 4.22. The minimum atomic E-state index is -4.44. The minimum Gasteiger partial charge on any atom is -0.330 e. The fourth-order valence-electron chi connectivity index (χ4n) is 2.99. The van der Waals surface area contributed by atoms with Gasteiger partial charge in [-0.1, -0.05) is 12.1 Å². The summed E-state index contributed by atoms with van der Waals surface area (Å²) in [5.74, 6) is -0.953. The molecule has 0 radical (unpaired) electrons. The Morgan fingerprint density at radius 1 is 1.38 bits per heavy atom. The number of carbonyl (C=O) groups is 1. The summed E-state index contributed by atoms with van der Waals surface area (Å²) < 4.78 is 51.7. The molecule has 1 saturated heterocycles. The summed E-state index contributed by atoms with van der Waals surface area (Å²) >= 11 is 0. The highest BCUT2D eigenvalue weighted by Crippen LogP contribution is 2.24. The first kappa shape index (κ1) is 22.7. The van der Waals surface area contributed by atoms with E-state index in [2.05, 4.69) is 5.32 Å². The van der Waals surface area contributed by atoms with Crippen molar-refractivity contribution >= 4 is 18.3 Å². The molecule has 1 atom stereocenters. The second-order valence-electron chi connectivity index (χ2n) is 6.48. The Morgan fingerprint density at radius 2 is 2.08 bits per heavy atom. The minimum absolute atomic E-state index is 0.